The number of piperidine rings is 1. The van der Waals surface area contributed by atoms with Crippen molar-refractivity contribution in [3.63, 3.8) is 0 Å². The lowest BCUT2D eigenvalue weighted by Gasteiger charge is -2.32. The molecule has 2 aromatic heterocycles. The number of hydrogen-bond acceptors (Lipinski definition) is 7. The average Bonchev–Trinajstić information content (AvgIpc) is 3.13. The zero-order valence-electron chi connectivity index (χ0n) is 17.9. The zero-order valence-corrected chi connectivity index (χ0v) is 17.9. The number of ether oxygens (including phenoxy) is 1. The van der Waals surface area contributed by atoms with Crippen LogP contribution in [0.15, 0.2) is 36.8 Å². The quantitative estimate of drug-likeness (QED) is 0.298. The van der Waals surface area contributed by atoms with E-state index in [1.165, 1.54) is 30.5 Å². The Labute approximate surface area is 181 Å². The summed E-state index contributed by atoms with van der Waals surface area (Å²) < 4.78 is 6.81. The number of benzene rings is 1. The van der Waals surface area contributed by atoms with Crippen LogP contribution in [0.5, 0.6) is 0 Å². The van der Waals surface area contributed by atoms with Crippen molar-refractivity contribution in [1.29, 1.82) is 0 Å². The van der Waals surface area contributed by atoms with Gasteiger partial charge in [-0.15, -0.1) is 0 Å². The number of nitrogens with one attached hydrogen (secondary N) is 1. The molecule has 0 unspecified atom stereocenters. The number of aryl methyl sites for hydroxylation is 1. The lowest BCUT2D eigenvalue weighted by molar-refractivity contribution is -0.825. The number of methoxy groups -OCH3 is 1. The number of anilines is 1. The molecule has 1 saturated heterocycles. The maximum Gasteiger partial charge on any atom is 0.341 e. The predicted molar refractivity (Wildman–Crippen MR) is 116 cm³/mol. The Kier molecular flexibility index (Phi) is 6.45. The summed E-state index contributed by atoms with van der Waals surface area (Å²) >= 11 is 0. The molecule has 0 bridgehead atoms. The van der Waals surface area contributed by atoms with Crippen LogP contribution in [0, 0.1) is 5.92 Å². The molecule has 164 valence electrons. The highest BCUT2D eigenvalue weighted by Gasteiger charge is 2.21. The molecular formula is C22H29N6O3+. The first-order chi connectivity index (χ1) is 15.1. The van der Waals surface area contributed by atoms with Crippen molar-refractivity contribution < 1.29 is 20.2 Å². The summed E-state index contributed by atoms with van der Waals surface area (Å²) in [7, 11) is 3.39. The topological polar surface area (TPSA) is 109 Å². The average molecular weight is 426 g/mol. The summed E-state index contributed by atoms with van der Waals surface area (Å²) in [6.45, 7) is 3.55. The van der Waals surface area contributed by atoms with Crippen molar-refractivity contribution in [3.8, 4) is 0 Å². The molecule has 4 rings (SSSR count). The molecule has 31 heavy (non-hydrogen) atoms. The Balaban J connectivity index is 1.28. The summed E-state index contributed by atoms with van der Waals surface area (Å²) in [6, 6.07) is 5.98. The molecule has 0 amide bonds. The van der Waals surface area contributed by atoms with Crippen LogP contribution in [-0.2, 0) is 18.3 Å². The molecule has 4 N–H and O–H groups in total. The fraction of sp³-hybridized carbons (Fsp3) is 0.409. The van der Waals surface area contributed by atoms with Crippen molar-refractivity contribution in [2.24, 2.45) is 13.0 Å². The van der Waals surface area contributed by atoms with E-state index in [1.54, 1.807) is 0 Å². The van der Waals surface area contributed by atoms with E-state index >= 15 is 0 Å². The van der Waals surface area contributed by atoms with Gasteiger partial charge in [0, 0.05) is 68.3 Å². The van der Waals surface area contributed by atoms with Crippen LogP contribution in [0.1, 0.15) is 28.8 Å². The van der Waals surface area contributed by atoms with Crippen molar-refractivity contribution in [1.82, 2.24) is 19.9 Å². The number of nitrogens with two attached hydrogens (primary N) is 1. The van der Waals surface area contributed by atoms with Gasteiger partial charge in [-0.25, -0.2) is 20.0 Å². The number of fused-ring (bicyclic) bond motifs is 1. The second-order valence-electron chi connectivity index (χ2n) is 8.00. The summed E-state index contributed by atoms with van der Waals surface area (Å²) in [4.78, 5) is 22.3. The zero-order chi connectivity index (χ0) is 21.8. The molecule has 0 saturated carbocycles. The van der Waals surface area contributed by atoms with Crippen molar-refractivity contribution in [2.45, 2.75) is 19.4 Å². The molecule has 0 radical (unpaired) electrons. The van der Waals surface area contributed by atoms with E-state index in [1.807, 2.05) is 25.2 Å². The fourth-order valence-electron chi connectivity index (χ4n) is 4.17. The Bertz CT molecular complexity index is 1040. The molecule has 1 aliphatic heterocycles. The fourth-order valence-corrected chi connectivity index (χ4v) is 4.17. The Morgan fingerprint density at radius 2 is 2.03 bits per heavy atom. The first-order valence-electron chi connectivity index (χ1n) is 10.5. The van der Waals surface area contributed by atoms with Crippen LogP contribution in [-0.4, -0.2) is 52.5 Å². The van der Waals surface area contributed by atoms with Crippen molar-refractivity contribution >= 4 is 28.5 Å². The Morgan fingerprint density at radius 1 is 1.29 bits per heavy atom. The van der Waals surface area contributed by atoms with Crippen LogP contribution < -0.4 is 15.7 Å². The lowest BCUT2D eigenvalue weighted by atomic mass is 9.97. The molecule has 3 aromatic rings. The van der Waals surface area contributed by atoms with Gasteiger partial charge in [-0.05, 0) is 36.9 Å². The maximum atomic E-state index is 11.5. The summed E-state index contributed by atoms with van der Waals surface area (Å²) in [5, 5.41) is 14.1. The predicted octanol–water partition coefficient (Wildman–Crippen LogP) is 1.35. The van der Waals surface area contributed by atoms with Crippen molar-refractivity contribution in [2.75, 3.05) is 31.6 Å². The van der Waals surface area contributed by atoms with E-state index in [-0.39, 0.29) is 0 Å². The van der Waals surface area contributed by atoms with E-state index in [0.717, 1.165) is 55.7 Å². The second kappa shape index (κ2) is 9.42. The summed E-state index contributed by atoms with van der Waals surface area (Å²) in [5.41, 5.74) is 4.72. The largest absolute Gasteiger partial charge is 0.465 e. The van der Waals surface area contributed by atoms with Gasteiger partial charge in [0.05, 0.1) is 12.7 Å². The van der Waals surface area contributed by atoms with E-state index in [2.05, 4.69) is 35.7 Å². The summed E-state index contributed by atoms with van der Waals surface area (Å²) in [6.07, 6.45) is 7.32. The van der Waals surface area contributed by atoms with Crippen LogP contribution in [0.25, 0.3) is 10.9 Å². The maximum absolute atomic E-state index is 11.5. The van der Waals surface area contributed by atoms with E-state index < -0.39 is 5.97 Å². The van der Waals surface area contributed by atoms with Gasteiger partial charge in [0.25, 0.3) is 0 Å². The van der Waals surface area contributed by atoms with Crippen LogP contribution in [0.2, 0.25) is 0 Å². The van der Waals surface area contributed by atoms with Gasteiger partial charge in [-0.1, -0.05) is 0 Å². The molecule has 0 aliphatic carbocycles. The van der Waals surface area contributed by atoms with Crippen molar-refractivity contribution in [3.05, 3.63) is 47.9 Å². The molecule has 0 spiro atoms. The molecule has 9 heteroatoms. The highest BCUT2D eigenvalue weighted by Crippen LogP contribution is 2.24. The third kappa shape index (κ3) is 4.68. The number of carbonyl (C=O) groups excluding carboxylic acids is 1. The second-order valence-corrected chi connectivity index (χ2v) is 8.00. The first kappa shape index (κ1) is 21.2. The molecule has 0 atom stereocenters. The summed E-state index contributed by atoms with van der Waals surface area (Å²) in [5.74, 6) is 0.835. The Hall–Kier alpha value is -3.01. The van der Waals surface area contributed by atoms with Gasteiger partial charge in [0.1, 0.15) is 0 Å². The van der Waals surface area contributed by atoms with E-state index in [0.29, 0.717) is 17.4 Å². The molecule has 1 fully saturated rings. The minimum absolute atomic E-state index is 0.364. The number of nitrogens with zero attached hydrogens (tertiary/aromatic N) is 4. The highest BCUT2D eigenvalue weighted by atomic mass is 16.5. The lowest BCUT2D eigenvalue weighted by Crippen LogP contribution is -2.73. The van der Waals surface area contributed by atoms with Crippen LogP contribution >= 0.6 is 0 Å². The number of esters is 1. The number of aromatic nitrogens is 3. The third-order valence-electron chi connectivity index (χ3n) is 5.95. The van der Waals surface area contributed by atoms with E-state index in [4.69, 9.17) is 0 Å². The molecule has 1 aromatic carbocycles. The highest BCUT2D eigenvalue weighted by molar-refractivity contribution is 5.88. The monoisotopic (exact) mass is 425 g/mol. The van der Waals surface area contributed by atoms with E-state index in [9.17, 15) is 10.0 Å². The van der Waals surface area contributed by atoms with Gasteiger partial charge in [-0.2, -0.15) is 5.48 Å². The van der Waals surface area contributed by atoms with Gasteiger partial charge in [-0.3, -0.25) is 0 Å². The van der Waals surface area contributed by atoms with Gasteiger partial charge in [0.15, 0.2) is 5.69 Å². The minimum Gasteiger partial charge on any atom is -0.465 e. The van der Waals surface area contributed by atoms with Gasteiger partial charge in [0.2, 0.25) is 5.95 Å². The Morgan fingerprint density at radius 3 is 2.71 bits per heavy atom. The number of rotatable bonds is 7. The van der Waals surface area contributed by atoms with Gasteiger partial charge >= 0.3 is 5.97 Å². The number of quaternary nitrogens is 1. The van der Waals surface area contributed by atoms with Gasteiger partial charge < -0.3 is 19.5 Å². The number of carbonyl (C=O) groups is 1. The minimum atomic E-state index is -0.423. The normalized spacial score (nSPS) is 14.9. The molecule has 3 heterocycles. The third-order valence-corrected chi connectivity index (χ3v) is 5.95. The molecular weight excluding hydrogens is 396 g/mol. The first-order valence-corrected chi connectivity index (χ1v) is 10.5. The number of hydrogen-bond donors (Lipinski definition) is 3. The van der Waals surface area contributed by atoms with Crippen LogP contribution in [0.4, 0.5) is 11.6 Å². The SMILES string of the molecule is COC(=O)c1cnc(N2CCC(CNCc3cn(C)c4ccc([NH2+]O)cc34)CC2)nc1. The molecule has 1 aliphatic rings. The standard InChI is InChI=1S/C22H28N6O3/c1-27-14-17(19-9-18(26-30)3-4-20(19)27)11-23-10-15-5-7-28(8-6-15)22-24-12-16(13-25-22)21(29)31-2/h3-4,9,12-15,23,26,30H,5-8,10-11H2,1-2H3/p+1. The smallest absolute Gasteiger partial charge is 0.341 e. The molecule has 9 nitrogen and oxygen atoms in total. The van der Waals surface area contributed by atoms with Crippen LogP contribution in [0.3, 0.4) is 0 Å².